The van der Waals surface area contributed by atoms with E-state index in [0.29, 0.717) is 36.3 Å². The molecule has 0 saturated carbocycles. The van der Waals surface area contributed by atoms with Crippen molar-refractivity contribution in [2.24, 2.45) is 22.8 Å². The standard InChI is InChI=1S/C26H34FN5O3/c27-23-11-20(14-33)21(15-34)12-24(23)32-17-26(18-32)5-9-30(10-6-26)13-19-3-7-31(8-4-19)25(29)2-1-22(28)16-35/h1-2,11-12,14-16,19H,3-10,13,17-18,28-29H2/b22-1-,25-2+. The van der Waals surface area contributed by atoms with Crippen molar-refractivity contribution >= 4 is 24.5 Å². The quantitative estimate of drug-likeness (QED) is 0.328. The Morgan fingerprint density at radius 3 is 2.20 bits per heavy atom. The number of carbonyl (C=O) groups is 3. The number of hydrogen-bond donors (Lipinski definition) is 2. The number of halogens is 1. The van der Waals surface area contributed by atoms with Crippen LogP contribution in [-0.2, 0) is 4.79 Å². The van der Waals surface area contributed by atoms with Gasteiger partial charge in [-0.2, -0.15) is 0 Å². The molecule has 0 aromatic heterocycles. The number of anilines is 1. The number of nitrogens with two attached hydrogens (primary N) is 2. The van der Waals surface area contributed by atoms with E-state index in [-0.39, 0.29) is 22.2 Å². The van der Waals surface area contributed by atoms with Gasteiger partial charge in [-0.1, -0.05) is 0 Å². The number of hydrogen-bond acceptors (Lipinski definition) is 8. The second-order valence-corrected chi connectivity index (χ2v) is 10.1. The van der Waals surface area contributed by atoms with Gasteiger partial charge in [-0.05, 0) is 69.0 Å². The molecule has 3 aliphatic rings. The van der Waals surface area contributed by atoms with Crippen molar-refractivity contribution in [3.63, 3.8) is 0 Å². The van der Waals surface area contributed by atoms with Gasteiger partial charge in [0.15, 0.2) is 18.9 Å². The smallest absolute Gasteiger partial charge is 0.165 e. The van der Waals surface area contributed by atoms with Crippen molar-refractivity contribution in [1.82, 2.24) is 9.80 Å². The average molecular weight is 484 g/mol. The Morgan fingerprint density at radius 1 is 0.971 bits per heavy atom. The van der Waals surface area contributed by atoms with Gasteiger partial charge in [0.25, 0.3) is 0 Å². The molecular formula is C26H34FN5O3. The lowest BCUT2D eigenvalue weighted by Gasteiger charge is -2.55. The van der Waals surface area contributed by atoms with Gasteiger partial charge >= 0.3 is 0 Å². The van der Waals surface area contributed by atoms with Gasteiger partial charge in [0.05, 0.1) is 17.2 Å². The van der Waals surface area contributed by atoms with E-state index < -0.39 is 5.82 Å². The molecular weight excluding hydrogens is 449 g/mol. The molecule has 0 radical (unpaired) electrons. The Morgan fingerprint density at radius 2 is 1.60 bits per heavy atom. The number of piperidine rings is 2. The van der Waals surface area contributed by atoms with Crippen LogP contribution in [0.4, 0.5) is 10.1 Å². The first kappa shape index (κ1) is 24.9. The summed E-state index contributed by atoms with van der Waals surface area (Å²) in [6, 6.07) is 2.65. The molecule has 35 heavy (non-hydrogen) atoms. The molecule has 3 saturated heterocycles. The molecule has 9 heteroatoms. The van der Waals surface area contributed by atoms with E-state index in [1.807, 2.05) is 4.90 Å². The Kier molecular flexibility index (Phi) is 7.54. The van der Waals surface area contributed by atoms with Crippen molar-refractivity contribution in [3.05, 3.63) is 52.7 Å². The number of carbonyl (C=O) groups excluding carboxylic acids is 3. The largest absolute Gasteiger partial charge is 0.396 e. The third-order valence-electron chi connectivity index (χ3n) is 7.80. The molecule has 0 amide bonds. The normalized spacial score (nSPS) is 21.6. The van der Waals surface area contributed by atoms with Gasteiger partial charge in [-0.3, -0.25) is 14.4 Å². The third kappa shape index (κ3) is 5.56. The molecule has 0 bridgehead atoms. The fourth-order valence-electron chi connectivity index (χ4n) is 5.56. The van der Waals surface area contributed by atoms with E-state index in [4.69, 9.17) is 11.5 Å². The van der Waals surface area contributed by atoms with Crippen LogP contribution in [0.1, 0.15) is 46.4 Å². The van der Waals surface area contributed by atoms with Crippen LogP contribution in [0.5, 0.6) is 0 Å². The average Bonchev–Trinajstić information content (AvgIpc) is 2.86. The number of allylic oxidation sites excluding steroid dienone is 3. The van der Waals surface area contributed by atoms with Crippen LogP contribution < -0.4 is 16.4 Å². The third-order valence-corrected chi connectivity index (χ3v) is 7.80. The zero-order valence-electron chi connectivity index (χ0n) is 20.0. The van der Waals surface area contributed by atoms with E-state index in [1.165, 1.54) is 12.1 Å². The Hall–Kier alpha value is -3.20. The van der Waals surface area contributed by atoms with Crippen LogP contribution >= 0.6 is 0 Å². The minimum absolute atomic E-state index is 0.0915. The first-order chi connectivity index (χ1) is 16.9. The summed E-state index contributed by atoms with van der Waals surface area (Å²) in [5.41, 5.74) is 12.7. The van der Waals surface area contributed by atoms with Crippen LogP contribution in [0.3, 0.4) is 0 Å². The topological polar surface area (TPSA) is 113 Å². The van der Waals surface area contributed by atoms with Crippen LogP contribution in [0, 0.1) is 17.2 Å². The lowest BCUT2D eigenvalue weighted by molar-refractivity contribution is -0.104. The molecule has 8 nitrogen and oxygen atoms in total. The summed E-state index contributed by atoms with van der Waals surface area (Å²) in [4.78, 5) is 39.6. The van der Waals surface area contributed by atoms with Gasteiger partial charge in [-0.15, -0.1) is 0 Å². The van der Waals surface area contributed by atoms with Gasteiger partial charge in [0.2, 0.25) is 0 Å². The number of aldehydes is 3. The predicted molar refractivity (Wildman–Crippen MR) is 132 cm³/mol. The van der Waals surface area contributed by atoms with Crippen LogP contribution in [-0.4, -0.2) is 74.5 Å². The van der Waals surface area contributed by atoms with Crippen molar-refractivity contribution in [2.45, 2.75) is 25.7 Å². The highest BCUT2D eigenvalue weighted by molar-refractivity contribution is 5.91. The lowest BCUT2D eigenvalue weighted by atomic mass is 9.71. The van der Waals surface area contributed by atoms with Gasteiger partial charge in [0, 0.05) is 49.3 Å². The predicted octanol–water partition coefficient (Wildman–Crippen LogP) is 1.91. The molecule has 3 heterocycles. The van der Waals surface area contributed by atoms with E-state index in [1.54, 1.807) is 6.08 Å². The highest BCUT2D eigenvalue weighted by Gasteiger charge is 2.45. The second-order valence-electron chi connectivity index (χ2n) is 10.1. The highest BCUT2D eigenvalue weighted by Crippen LogP contribution is 2.43. The minimum atomic E-state index is -0.449. The summed E-state index contributed by atoms with van der Waals surface area (Å²) in [6.07, 6.45) is 9.27. The fourth-order valence-corrected chi connectivity index (χ4v) is 5.56. The maximum absolute atomic E-state index is 14.5. The molecule has 4 N–H and O–H groups in total. The van der Waals surface area contributed by atoms with E-state index in [2.05, 4.69) is 9.80 Å². The molecule has 4 rings (SSSR count). The van der Waals surface area contributed by atoms with Crippen molar-refractivity contribution < 1.29 is 18.8 Å². The van der Waals surface area contributed by atoms with Crippen molar-refractivity contribution in [1.29, 1.82) is 0 Å². The second kappa shape index (κ2) is 10.6. The summed E-state index contributed by atoms with van der Waals surface area (Å²) >= 11 is 0. The Labute approximate surface area is 205 Å². The SMILES string of the molecule is N/C(C=O)=C\C=C(/N)N1CCC(CN2CCC3(CC2)CN(c2cc(C=O)c(C=O)cc2F)C3)CC1. The Bertz CT molecular complexity index is 1020. The zero-order valence-corrected chi connectivity index (χ0v) is 20.0. The summed E-state index contributed by atoms with van der Waals surface area (Å²) in [5, 5.41) is 0. The van der Waals surface area contributed by atoms with Crippen LogP contribution in [0.25, 0.3) is 0 Å². The maximum Gasteiger partial charge on any atom is 0.165 e. The maximum atomic E-state index is 14.5. The lowest BCUT2D eigenvalue weighted by Crippen LogP contribution is -2.61. The summed E-state index contributed by atoms with van der Waals surface area (Å²) in [7, 11) is 0. The van der Waals surface area contributed by atoms with Gasteiger partial charge in [0.1, 0.15) is 5.82 Å². The van der Waals surface area contributed by atoms with E-state index in [9.17, 15) is 18.8 Å². The molecule has 1 aromatic rings. The molecule has 0 aliphatic carbocycles. The fraction of sp³-hybridized carbons (Fsp3) is 0.500. The molecule has 1 aromatic carbocycles. The van der Waals surface area contributed by atoms with Gasteiger partial charge < -0.3 is 26.2 Å². The number of rotatable bonds is 8. The van der Waals surface area contributed by atoms with E-state index in [0.717, 1.165) is 77.6 Å². The highest BCUT2D eigenvalue weighted by atomic mass is 19.1. The Balaban J connectivity index is 1.23. The van der Waals surface area contributed by atoms with E-state index >= 15 is 0 Å². The molecule has 3 aliphatic heterocycles. The zero-order chi connectivity index (χ0) is 25.0. The summed E-state index contributed by atoms with van der Waals surface area (Å²) in [6.45, 7) is 6.51. The van der Waals surface area contributed by atoms with Crippen molar-refractivity contribution in [3.8, 4) is 0 Å². The minimum Gasteiger partial charge on any atom is -0.396 e. The first-order valence-electron chi connectivity index (χ1n) is 12.2. The van der Waals surface area contributed by atoms with Gasteiger partial charge in [-0.25, -0.2) is 4.39 Å². The summed E-state index contributed by atoms with van der Waals surface area (Å²) < 4.78 is 14.5. The molecule has 0 atom stereocenters. The molecule has 1 spiro atoms. The molecule has 3 fully saturated rings. The molecule has 188 valence electrons. The number of likely N-dealkylation sites (tertiary alicyclic amines) is 2. The van der Waals surface area contributed by atoms with Crippen molar-refractivity contribution in [2.75, 3.05) is 50.7 Å². The first-order valence-corrected chi connectivity index (χ1v) is 12.2. The summed E-state index contributed by atoms with van der Waals surface area (Å²) in [5.74, 6) is 0.823. The monoisotopic (exact) mass is 483 g/mol. The molecule has 0 unspecified atom stereocenters. The number of nitrogens with zero attached hydrogens (tertiary/aromatic N) is 3. The number of benzene rings is 1. The van der Waals surface area contributed by atoms with Crippen LogP contribution in [0.15, 0.2) is 35.8 Å². The van der Waals surface area contributed by atoms with Crippen LogP contribution in [0.2, 0.25) is 0 Å².